The molecule has 5 heteroatoms. The Hall–Kier alpha value is -2.43. The van der Waals surface area contributed by atoms with Crippen molar-refractivity contribution in [2.75, 3.05) is 11.5 Å². The van der Waals surface area contributed by atoms with E-state index in [-0.39, 0.29) is 47.7 Å². The summed E-state index contributed by atoms with van der Waals surface area (Å²) in [5.41, 5.74) is 0.633. The molecule has 128 valence electrons. The minimum atomic E-state index is -0.502. The number of allylic oxidation sites excluding steroid dienone is 2. The molecule has 0 aromatic heterocycles. The van der Waals surface area contributed by atoms with Crippen molar-refractivity contribution in [1.82, 2.24) is 0 Å². The second kappa shape index (κ2) is 5.04. The van der Waals surface area contributed by atoms with Crippen molar-refractivity contribution in [3.05, 3.63) is 42.0 Å². The van der Waals surface area contributed by atoms with Crippen molar-refractivity contribution in [3.63, 3.8) is 0 Å². The number of rotatable bonds is 3. The molecule has 4 aliphatic carbocycles. The summed E-state index contributed by atoms with van der Waals surface area (Å²) in [5, 5.41) is 0. The minimum Gasteiger partial charge on any atom is -0.462 e. The summed E-state index contributed by atoms with van der Waals surface area (Å²) in [5.74, 6) is 0.141. The predicted octanol–water partition coefficient (Wildman–Crippen LogP) is 2.42. The molecular weight excluding hydrogens is 318 g/mol. The fourth-order valence-electron chi connectivity index (χ4n) is 5.24. The van der Waals surface area contributed by atoms with E-state index in [2.05, 4.69) is 12.2 Å². The normalized spacial score (nSPS) is 37.1. The first-order valence-corrected chi connectivity index (χ1v) is 8.95. The van der Waals surface area contributed by atoms with Crippen molar-refractivity contribution in [2.45, 2.75) is 13.3 Å². The molecule has 0 spiro atoms. The summed E-state index contributed by atoms with van der Waals surface area (Å²) < 4.78 is 5.10. The number of esters is 1. The van der Waals surface area contributed by atoms with Gasteiger partial charge >= 0.3 is 5.97 Å². The lowest BCUT2D eigenvalue weighted by Gasteiger charge is -2.37. The highest BCUT2D eigenvalue weighted by Crippen LogP contribution is 2.65. The number of hydrogen-bond acceptors (Lipinski definition) is 4. The third kappa shape index (κ3) is 1.86. The fraction of sp³-hybridized carbons (Fsp3) is 0.450. The Bertz CT molecular complexity index is 793. The monoisotopic (exact) mass is 337 g/mol. The highest BCUT2D eigenvalue weighted by molar-refractivity contribution is 6.24. The smallest absolute Gasteiger partial charge is 0.340 e. The first kappa shape index (κ1) is 14.9. The Kier molecular flexibility index (Phi) is 3.00. The van der Waals surface area contributed by atoms with Crippen molar-refractivity contribution in [3.8, 4) is 0 Å². The van der Waals surface area contributed by atoms with Crippen LogP contribution < -0.4 is 4.90 Å². The van der Waals surface area contributed by atoms with Gasteiger partial charge in [-0.3, -0.25) is 9.59 Å². The first-order valence-electron chi connectivity index (χ1n) is 8.95. The molecule has 3 fully saturated rings. The Morgan fingerprint density at radius 2 is 1.68 bits per heavy atom. The van der Waals surface area contributed by atoms with Gasteiger partial charge in [-0.1, -0.05) is 24.3 Å². The van der Waals surface area contributed by atoms with Crippen molar-refractivity contribution in [2.24, 2.45) is 35.5 Å². The molecule has 1 aromatic carbocycles. The Balaban J connectivity index is 1.56. The summed E-state index contributed by atoms with van der Waals surface area (Å²) in [6.07, 6.45) is 5.42. The van der Waals surface area contributed by atoms with Crippen molar-refractivity contribution in [1.29, 1.82) is 0 Å². The van der Waals surface area contributed by atoms with Crippen LogP contribution in [0.5, 0.6) is 0 Å². The quantitative estimate of drug-likeness (QED) is 0.483. The molecule has 2 saturated carbocycles. The predicted molar refractivity (Wildman–Crippen MR) is 89.6 cm³/mol. The van der Waals surface area contributed by atoms with Crippen LogP contribution in [0.25, 0.3) is 0 Å². The maximum atomic E-state index is 13.2. The highest BCUT2D eigenvalue weighted by atomic mass is 16.5. The molecule has 0 radical (unpaired) electrons. The summed E-state index contributed by atoms with van der Waals surface area (Å²) in [6, 6.07) is 6.73. The van der Waals surface area contributed by atoms with Crippen molar-refractivity contribution >= 4 is 23.5 Å². The molecule has 6 atom stereocenters. The zero-order valence-corrected chi connectivity index (χ0v) is 13.9. The number of nitrogens with zero attached hydrogens (tertiary/aromatic N) is 1. The summed E-state index contributed by atoms with van der Waals surface area (Å²) in [7, 11) is 0. The molecule has 1 aliphatic heterocycles. The van der Waals surface area contributed by atoms with E-state index in [1.54, 1.807) is 31.2 Å². The number of anilines is 1. The molecule has 1 saturated heterocycles. The molecule has 25 heavy (non-hydrogen) atoms. The van der Waals surface area contributed by atoms with E-state index in [0.717, 1.165) is 6.42 Å². The lowest BCUT2D eigenvalue weighted by molar-refractivity contribution is -0.124. The van der Waals surface area contributed by atoms with Gasteiger partial charge in [-0.05, 0) is 49.1 Å². The minimum absolute atomic E-state index is 0.156. The maximum absolute atomic E-state index is 13.2. The molecule has 5 nitrogen and oxygen atoms in total. The topological polar surface area (TPSA) is 63.7 Å². The van der Waals surface area contributed by atoms with Gasteiger partial charge in [-0.15, -0.1) is 0 Å². The molecular formula is C20H19NO4. The van der Waals surface area contributed by atoms with E-state index < -0.39 is 5.97 Å². The molecule has 2 amide bonds. The molecule has 1 aromatic rings. The number of ether oxygens (including phenoxy) is 1. The van der Waals surface area contributed by atoms with Crippen LogP contribution >= 0.6 is 0 Å². The third-order valence-electron chi connectivity index (χ3n) is 6.30. The number of amides is 2. The molecule has 5 aliphatic rings. The molecule has 0 N–H and O–H groups in total. The van der Waals surface area contributed by atoms with Crippen LogP contribution in [-0.2, 0) is 14.3 Å². The lowest BCUT2D eigenvalue weighted by Crippen LogP contribution is -2.40. The summed E-state index contributed by atoms with van der Waals surface area (Å²) in [6.45, 7) is 1.98. The van der Waals surface area contributed by atoms with Crippen LogP contribution in [0.3, 0.4) is 0 Å². The zero-order valence-electron chi connectivity index (χ0n) is 13.9. The van der Waals surface area contributed by atoms with Crippen LogP contribution in [0, 0.1) is 35.5 Å². The van der Waals surface area contributed by atoms with Gasteiger partial charge < -0.3 is 4.74 Å². The Morgan fingerprint density at radius 3 is 2.28 bits per heavy atom. The number of hydrogen-bond donors (Lipinski definition) is 0. The van der Waals surface area contributed by atoms with Crippen LogP contribution in [-0.4, -0.2) is 24.4 Å². The molecule has 6 rings (SSSR count). The molecule has 0 unspecified atom stereocenters. The van der Waals surface area contributed by atoms with Crippen LogP contribution in [0.15, 0.2) is 36.4 Å². The van der Waals surface area contributed by atoms with Crippen molar-refractivity contribution < 1.29 is 19.1 Å². The van der Waals surface area contributed by atoms with Gasteiger partial charge in [0, 0.05) is 0 Å². The molecule has 1 heterocycles. The summed E-state index contributed by atoms with van der Waals surface area (Å²) in [4.78, 5) is 39.8. The zero-order chi connectivity index (χ0) is 17.3. The van der Waals surface area contributed by atoms with Gasteiger partial charge in [0.15, 0.2) is 0 Å². The Morgan fingerprint density at radius 1 is 1.08 bits per heavy atom. The fourth-order valence-corrected chi connectivity index (χ4v) is 5.24. The first-order chi connectivity index (χ1) is 12.1. The second-order valence-corrected chi connectivity index (χ2v) is 7.40. The number of benzene rings is 1. The van der Waals surface area contributed by atoms with Gasteiger partial charge in [0.25, 0.3) is 0 Å². The summed E-state index contributed by atoms with van der Waals surface area (Å²) >= 11 is 0. The van der Waals surface area contributed by atoms with E-state index >= 15 is 0 Å². The van der Waals surface area contributed by atoms with Crippen LogP contribution in [0.2, 0.25) is 0 Å². The van der Waals surface area contributed by atoms with E-state index in [0.29, 0.717) is 17.5 Å². The standard InChI is InChI=1S/C20H19NO4/c1-2-25-20(24)12-5-3-4-6-15(12)21-18(22)16-10-7-8-11(14-9-13(10)14)17(16)19(21)23/h3-8,10-11,13-14,16-17H,2,9H2,1H3/t10-,11-,13-,14-,16-,17+/m0/s1. The lowest BCUT2D eigenvalue weighted by atomic mass is 9.63. The number of carbonyl (C=O) groups excluding carboxylic acids is 3. The number of para-hydroxylation sites is 1. The van der Waals surface area contributed by atoms with Gasteiger partial charge in [0.1, 0.15) is 0 Å². The van der Waals surface area contributed by atoms with Crippen LogP contribution in [0.1, 0.15) is 23.7 Å². The molecule has 2 bridgehead atoms. The number of carbonyl (C=O) groups is 3. The second-order valence-electron chi connectivity index (χ2n) is 7.40. The highest BCUT2D eigenvalue weighted by Gasteiger charge is 2.67. The number of imide groups is 1. The third-order valence-corrected chi connectivity index (χ3v) is 6.30. The maximum Gasteiger partial charge on any atom is 0.340 e. The largest absolute Gasteiger partial charge is 0.462 e. The van der Waals surface area contributed by atoms with Gasteiger partial charge in [-0.2, -0.15) is 0 Å². The SMILES string of the molecule is CCOC(=O)c1ccccc1N1C(=O)[C@@H]2[C@H]3C=C[C@@H]([C@@H]4C[C@@H]34)[C@@H]2C1=O. The van der Waals surface area contributed by atoms with E-state index in [9.17, 15) is 14.4 Å². The van der Waals surface area contributed by atoms with Gasteiger partial charge in [-0.25, -0.2) is 9.69 Å². The van der Waals surface area contributed by atoms with E-state index in [4.69, 9.17) is 4.74 Å². The van der Waals surface area contributed by atoms with E-state index in [1.807, 2.05) is 0 Å². The average Bonchev–Trinajstić information content (AvgIpc) is 3.40. The van der Waals surface area contributed by atoms with Gasteiger partial charge in [0.05, 0.1) is 29.7 Å². The van der Waals surface area contributed by atoms with Crippen LogP contribution in [0.4, 0.5) is 5.69 Å². The Labute approximate surface area is 145 Å². The van der Waals surface area contributed by atoms with E-state index in [1.165, 1.54) is 4.90 Å². The average molecular weight is 337 g/mol. The van der Waals surface area contributed by atoms with Gasteiger partial charge in [0.2, 0.25) is 11.8 Å².